The topological polar surface area (TPSA) is 129 Å². The van der Waals surface area contributed by atoms with Gasteiger partial charge in [0.2, 0.25) is 11.8 Å². The minimum absolute atomic E-state index is 0.00977. The van der Waals surface area contributed by atoms with Crippen molar-refractivity contribution in [2.24, 2.45) is 29.6 Å². The summed E-state index contributed by atoms with van der Waals surface area (Å²) >= 11 is 14.1. The molecule has 0 spiro atoms. The Morgan fingerprint density at radius 3 is 2.50 bits per heavy atom. The first-order chi connectivity index (χ1) is 26.8. The zero-order valence-electron chi connectivity index (χ0n) is 28.9. The van der Waals surface area contributed by atoms with Crippen LogP contribution in [0.5, 0.6) is 11.5 Å². The lowest BCUT2D eigenvalue weighted by Crippen LogP contribution is -2.55. The van der Waals surface area contributed by atoms with E-state index in [9.17, 15) is 32.7 Å². The van der Waals surface area contributed by atoms with Crippen LogP contribution in [-0.2, 0) is 43.7 Å². The van der Waals surface area contributed by atoms with Crippen molar-refractivity contribution in [2.45, 2.75) is 37.4 Å². The molecule has 16 heteroatoms. The molecule has 2 saturated heterocycles. The predicted octanol–water partition coefficient (Wildman–Crippen LogP) is 7.71. The number of hydrogen-bond acceptors (Lipinski definition) is 9. The second-order valence-electron chi connectivity index (χ2n) is 14.5. The smallest absolute Gasteiger partial charge is 0.417 e. The van der Waals surface area contributed by atoms with Crippen LogP contribution in [0.1, 0.15) is 34.4 Å². The Hall–Kier alpha value is -5.18. The highest BCUT2D eigenvalue weighted by Crippen LogP contribution is 2.63. The number of hydrazine groups is 1. The largest absolute Gasteiger partial charge is 0.508 e. The number of hydrogen-bond donors (Lipinski definition) is 2. The van der Waals surface area contributed by atoms with E-state index in [0.717, 1.165) is 9.89 Å². The average Bonchev–Trinajstić information content (AvgIpc) is 3.83. The lowest BCUT2D eigenvalue weighted by molar-refractivity contribution is -0.142. The van der Waals surface area contributed by atoms with Crippen LogP contribution in [-0.4, -0.2) is 43.6 Å². The molecule has 10 nitrogen and oxygen atoms in total. The number of pyridine rings is 1. The van der Waals surface area contributed by atoms with E-state index in [0.29, 0.717) is 45.3 Å². The Kier molecular flexibility index (Phi) is 8.60. The summed E-state index contributed by atoms with van der Waals surface area (Å²) in [5.41, 5.74) is 2.09. The number of nitrogens with zero attached hydrogens (tertiary/aromatic N) is 3. The first-order valence-electron chi connectivity index (χ1n) is 17.7. The zero-order valence-corrected chi connectivity index (χ0v) is 31.3. The third kappa shape index (κ3) is 5.55. The van der Waals surface area contributed by atoms with Gasteiger partial charge in [-0.15, -0.1) is 11.3 Å². The molecule has 5 aliphatic rings. The molecule has 6 atom stereocenters. The molecular weight excluding hydrogens is 792 g/mol. The molecule has 56 heavy (non-hydrogen) atoms. The molecule has 286 valence electrons. The Balaban J connectivity index is 1.20. The van der Waals surface area contributed by atoms with Gasteiger partial charge in [0, 0.05) is 34.0 Å². The number of benzene rings is 2. The maximum Gasteiger partial charge on any atom is 0.417 e. The molecule has 1 saturated carbocycles. The Morgan fingerprint density at radius 1 is 1.00 bits per heavy atom. The van der Waals surface area contributed by atoms with Gasteiger partial charge in [0.1, 0.15) is 11.5 Å². The molecule has 0 radical (unpaired) electrons. The first kappa shape index (κ1) is 36.5. The van der Waals surface area contributed by atoms with Crippen molar-refractivity contribution in [3.63, 3.8) is 0 Å². The number of allylic oxidation sites excluding steroid dienone is 3. The van der Waals surface area contributed by atoms with Gasteiger partial charge >= 0.3 is 6.18 Å². The fourth-order valence-electron chi connectivity index (χ4n) is 9.38. The molecule has 4 amide bonds. The van der Waals surface area contributed by atoms with E-state index >= 15 is 4.79 Å². The first-order valence-corrected chi connectivity index (χ1v) is 19.3. The van der Waals surface area contributed by atoms with E-state index in [1.807, 2.05) is 23.6 Å². The highest BCUT2D eigenvalue weighted by molar-refractivity contribution is 7.09. The number of imide groups is 2. The van der Waals surface area contributed by atoms with Crippen molar-refractivity contribution in [2.75, 3.05) is 5.43 Å². The van der Waals surface area contributed by atoms with Crippen LogP contribution in [0.15, 0.2) is 95.7 Å². The zero-order chi connectivity index (χ0) is 39.3. The summed E-state index contributed by atoms with van der Waals surface area (Å²) in [5, 5.41) is 12.9. The summed E-state index contributed by atoms with van der Waals surface area (Å²) in [6.45, 7) is 0.112. The van der Waals surface area contributed by atoms with Crippen molar-refractivity contribution in [1.82, 2.24) is 14.9 Å². The standard InChI is InChI=1S/C40H29Cl2F3N4O6S/c41-23-5-3-21(4-6-23)39-29(36(52)49(38(39)54)47-34-30(42)14-22(16-46-34)40(43,44)45)15-28-26(33(39)20-12-19-13-24(50)7-10-31(19)55-18-20)8-9-27-32(28)37(53)48(35(27)51)17-25-2-1-11-56-25/h1-8,10-11,13-14,16,18,27-29,32-33,50H,9,12,15,17H2,(H,46,47). The predicted molar refractivity (Wildman–Crippen MR) is 198 cm³/mol. The molecule has 2 N–H and O–H groups in total. The number of phenols is 1. The molecule has 3 aliphatic heterocycles. The number of nitrogens with one attached hydrogen (secondary N) is 1. The Morgan fingerprint density at radius 2 is 1.79 bits per heavy atom. The number of carbonyl (C=O) groups excluding carboxylic acids is 4. The summed E-state index contributed by atoms with van der Waals surface area (Å²) in [6, 6.07) is 15.5. The van der Waals surface area contributed by atoms with E-state index in [1.165, 1.54) is 28.6 Å². The molecule has 9 rings (SSSR count). The minimum Gasteiger partial charge on any atom is -0.508 e. The number of thiophene rings is 1. The van der Waals surface area contributed by atoms with Crippen molar-refractivity contribution >= 4 is 64.0 Å². The monoisotopic (exact) mass is 820 g/mol. The molecule has 4 aromatic rings. The number of rotatable bonds is 6. The summed E-state index contributed by atoms with van der Waals surface area (Å²) in [6.07, 6.45) is -0.383. The number of ether oxygens (including phenoxy) is 1. The third-order valence-corrected chi connectivity index (χ3v) is 13.1. The number of carbonyl (C=O) groups is 4. The van der Waals surface area contributed by atoms with Crippen LogP contribution >= 0.6 is 34.5 Å². The lowest BCUT2D eigenvalue weighted by Gasteiger charge is -2.51. The fraction of sp³-hybridized carbons (Fsp3) is 0.275. The molecule has 2 aromatic carbocycles. The minimum atomic E-state index is -4.75. The number of amides is 4. The highest BCUT2D eigenvalue weighted by atomic mass is 35.5. The SMILES string of the molecule is O=C1C2CC=C3C(CC4C(=O)N(Nc5ncc(C(F)(F)F)cc5Cl)C(=O)C4(c4ccc(Cl)cc4)C3C3=COc4ccc(O)cc4C3)C2C(=O)N1Cc1cccs1. The van der Waals surface area contributed by atoms with E-state index in [1.54, 1.807) is 36.4 Å². The van der Waals surface area contributed by atoms with Gasteiger partial charge in [0.25, 0.3) is 11.8 Å². The number of halogens is 5. The summed E-state index contributed by atoms with van der Waals surface area (Å²) in [4.78, 5) is 64.6. The second kappa shape index (κ2) is 13.2. The van der Waals surface area contributed by atoms with Gasteiger partial charge in [0.15, 0.2) is 5.82 Å². The lowest BCUT2D eigenvalue weighted by atomic mass is 9.48. The van der Waals surface area contributed by atoms with Crippen molar-refractivity contribution in [1.29, 1.82) is 0 Å². The average molecular weight is 822 g/mol. The van der Waals surface area contributed by atoms with Gasteiger partial charge in [-0.3, -0.25) is 29.5 Å². The van der Waals surface area contributed by atoms with E-state index in [4.69, 9.17) is 27.9 Å². The maximum atomic E-state index is 15.4. The number of aromatic nitrogens is 1. The molecule has 3 fully saturated rings. The van der Waals surface area contributed by atoms with Crippen molar-refractivity contribution < 1.29 is 42.2 Å². The number of alkyl halides is 3. The molecule has 2 aliphatic carbocycles. The summed E-state index contributed by atoms with van der Waals surface area (Å²) < 4.78 is 46.6. The van der Waals surface area contributed by atoms with Crippen LogP contribution in [0.3, 0.4) is 0 Å². The number of fused-ring (bicyclic) bond motifs is 5. The normalized spacial score (nSPS) is 26.9. The molecule has 2 aromatic heterocycles. The maximum absolute atomic E-state index is 15.4. The van der Waals surface area contributed by atoms with Gasteiger partial charge in [-0.05, 0) is 77.7 Å². The van der Waals surface area contributed by atoms with E-state index in [-0.39, 0.29) is 49.2 Å². The molecular formula is C40H29Cl2F3N4O6S. The number of anilines is 1. The molecule has 5 heterocycles. The Bertz CT molecular complexity index is 2400. The fourth-order valence-corrected chi connectivity index (χ4v) is 10.4. The summed E-state index contributed by atoms with van der Waals surface area (Å²) in [5.74, 6) is -6.30. The highest BCUT2D eigenvalue weighted by Gasteiger charge is 2.71. The second-order valence-corrected chi connectivity index (χ2v) is 16.4. The van der Waals surface area contributed by atoms with E-state index in [2.05, 4.69) is 10.4 Å². The van der Waals surface area contributed by atoms with Crippen LogP contribution in [0, 0.1) is 29.6 Å². The van der Waals surface area contributed by atoms with Crippen LogP contribution in [0.25, 0.3) is 0 Å². The third-order valence-electron chi connectivity index (χ3n) is 11.7. The van der Waals surface area contributed by atoms with Gasteiger partial charge in [-0.1, -0.05) is 53.1 Å². The Labute approximate surface area is 331 Å². The van der Waals surface area contributed by atoms with E-state index < -0.39 is 63.6 Å². The summed E-state index contributed by atoms with van der Waals surface area (Å²) in [7, 11) is 0. The van der Waals surface area contributed by atoms with Gasteiger partial charge in [-0.25, -0.2) is 4.98 Å². The van der Waals surface area contributed by atoms with Crippen molar-refractivity contribution in [3.8, 4) is 11.5 Å². The van der Waals surface area contributed by atoms with Crippen LogP contribution in [0.2, 0.25) is 10.0 Å². The number of likely N-dealkylation sites (tertiary alicyclic amines) is 1. The van der Waals surface area contributed by atoms with Gasteiger partial charge in [-0.2, -0.15) is 18.2 Å². The van der Waals surface area contributed by atoms with Crippen molar-refractivity contribution in [3.05, 3.63) is 127 Å². The quantitative estimate of drug-likeness (QED) is 0.150. The number of aromatic hydroxyl groups is 1. The number of phenolic OH excluding ortho intramolecular Hbond substituents is 1. The van der Waals surface area contributed by atoms with Crippen LogP contribution in [0.4, 0.5) is 19.0 Å². The molecule has 0 bridgehead atoms. The van der Waals surface area contributed by atoms with Crippen LogP contribution < -0.4 is 10.2 Å². The van der Waals surface area contributed by atoms with Gasteiger partial charge < -0.3 is 9.84 Å². The molecule has 6 unspecified atom stereocenters. The van der Waals surface area contributed by atoms with Gasteiger partial charge in [0.05, 0.1) is 46.6 Å².